The van der Waals surface area contributed by atoms with Crippen molar-refractivity contribution in [2.45, 2.75) is 26.3 Å². The first-order valence-electron chi connectivity index (χ1n) is 6.22. The lowest BCUT2D eigenvalue weighted by Gasteiger charge is -2.27. The SMILES string of the molecule is CC1CC[NH+](Cc2ccc([N+](=O)[O-])cc2)CC1. The minimum absolute atomic E-state index is 0.177. The van der Waals surface area contributed by atoms with E-state index in [4.69, 9.17) is 0 Å². The molecule has 1 fully saturated rings. The van der Waals surface area contributed by atoms with E-state index in [1.165, 1.54) is 31.5 Å². The van der Waals surface area contributed by atoms with Crippen LogP contribution in [0.25, 0.3) is 0 Å². The van der Waals surface area contributed by atoms with Crippen LogP contribution in [0.2, 0.25) is 0 Å². The fourth-order valence-corrected chi connectivity index (χ4v) is 2.37. The van der Waals surface area contributed by atoms with Crippen LogP contribution in [0.4, 0.5) is 5.69 Å². The van der Waals surface area contributed by atoms with Gasteiger partial charge in [-0.1, -0.05) is 6.92 Å². The molecule has 0 unspecified atom stereocenters. The molecule has 1 N–H and O–H groups in total. The Morgan fingerprint density at radius 1 is 1.29 bits per heavy atom. The van der Waals surface area contributed by atoms with E-state index in [-0.39, 0.29) is 10.6 Å². The molecule has 92 valence electrons. The van der Waals surface area contributed by atoms with Gasteiger partial charge in [0.15, 0.2) is 0 Å². The van der Waals surface area contributed by atoms with Crippen molar-refractivity contribution in [3.8, 4) is 0 Å². The van der Waals surface area contributed by atoms with Gasteiger partial charge < -0.3 is 4.90 Å². The van der Waals surface area contributed by atoms with Gasteiger partial charge in [0.1, 0.15) is 6.54 Å². The van der Waals surface area contributed by atoms with Crippen molar-refractivity contribution >= 4 is 5.69 Å². The summed E-state index contributed by atoms with van der Waals surface area (Å²) in [5.41, 5.74) is 1.37. The lowest BCUT2D eigenvalue weighted by Crippen LogP contribution is -3.11. The Morgan fingerprint density at radius 3 is 2.41 bits per heavy atom. The molecule has 4 heteroatoms. The Bertz CT molecular complexity index is 381. The van der Waals surface area contributed by atoms with Gasteiger partial charge in [0, 0.05) is 17.7 Å². The Kier molecular flexibility index (Phi) is 3.74. The van der Waals surface area contributed by atoms with Crippen molar-refractivity contribution in [3.05, 3.63) is 39.9 Å². The van der Waals surface area contributed by atoms with Gasteiger partial charge in [0.05, 0.1) is 18.0 Å². The maximum absolute atomic E-state index is 10.5. The number of rotatable bonds is 3. The van der Waals surface area contributed by atoms with Crippen LogP contribution in [0.1, 0.15) is 25.3 Å². The number of nitrogens with one attached hydrogen (secondary N) is 1. The highest BCUT2D eigenvalue weighted by molar-refractivity contribution is 5.32. The minimum Gasteiger partial charge on any atom is -0.331 e. The fraction of sp³-hybridized carbons (Fsp3) is 0.538. The number of likely N-dealkylation sites (tertiary alicyclic amines) is 1. The molecule has 1 saturated heterocycles. The molecule has 0 radical (unpaired) electrons. The smallest absolute Gasteiger partial charge is 0.269 e. The molecule has 17 heavy (non-hydrogen) atoms. The minimum atomic E-state index is -0.348. The van der Waals surface area contributed by atoms with Gasteiger partial charge in [-0.3, -0.25) is 10.1 Å². The number of hydrogen-bond donors (Lipinski definition) is 1. The third-order valence-corrected chi connectivity index (χ3v) is 3.58. The van der Waals surface area contributed by atoms with Crippen LogP contribution >= 0.6 is 0 Å². The second kappa shape index (κ2) is 5.27. The highest BCUT2D eigenvalue weighted by Gasteiger charge is 2.19. The predicted molar refractivity (Wildman–Crippen MR) is 65.9 cm³/mol. The third-order valence-electron chi connectivity index (χ3n) is 3.58. The van der Waals surface area contributed by atoms with Gasteiger partial charge in [0.2, 0.25) is 0 Å². The molecule has 1 aliphatic heterocycles. The molecule has 1 heterocycles. The van der Waals surface area contributed by atoms with Crippen molar-refractivity contribution < 1.29 is 9.82 Å². The summed E-state index contributed by atoms with van der Waals surface area (Å²) in [6, 6.07) is 6.95. The Hall–Kier alpha value is -1.42. The van der Waals surface area contributed by atoms with Crippen LogP contribution in [0.5, 0.6) is 0 Å². The second-order valence-corrected chi connectivity index (χ2v) is 5.03. The van der Waals surface area contributed by atoms with E-state index < -0.39 is 0 Å². The summed E-state index contributed by atoms with van der Waals surface area (Å²) in [5.74, 6) is 0.857. The number of piperidine rings is 1. The van der Waals surface area contributed by atoms with Gasteiger partial charge >= 0.3 is 0 Å². The molecule has 1 aromatic carbocycles. The van der Waals surface area contributed by atoms with Gasteiger partial charge in [-0.15, -0.1) is 0 Å². The number of nitrogens with zero attached hydrogens (tertiary/aromatic N) is 1. The molecule has 0 aromatic heterocycles. The maximum atomic E-state index is 10.5. The first kappa shape index (κ1) is 12.0. The number of nitro benzene ring substituents is 1. The maximum Gasteiger partial charge on any atom is 0.269 e. The van der Waals surface area contributed by atoms with Crippen LogP contribution in [-0.4, -0.2) is 18.0 Å². The van der Waals surface area contributed by atoms with Crippen LogP contribution in [0.3, 0.4) is 0 Å². The number of hydrogen-bond acceptors (Lipinski definition) is 2. The monoisotopic (exact) mass is 235 g/mol. The van der Waals surface area contributed by atoms with E-state index in [1.807, 2.05) is 12.1 Å². The number of non-ortho nitro benzene ring substituents is 1. The molecule has 1 aromatic rings. The molecular weight excluding hydrogens is 216 g/mol. The van der Waals surface area contributed by atoms with E-state index in [2.05, 4.69) is 6.92 Å². The molecule has 0 aliphatic carbocycles. The summed E-state index contributed by atoms with van der Waals surface area (Å²) in [6.45, 7) is 5.74. The quantitative estimate of drug-likeness (QED) is 0.636. The van der Waals surface area contributed by atoms with Crippen molar-refractivity contribution in [2.75, 3.05) is 13.1 Å². The van der Waals surface area contributed by atoms with Gasteiger partial charge in [-0.2, -0.15) is 0 Å². The standard InChI is InChI=1S/C13H18N2O2/c1-11-6-8-14(9-7-11)10-12-2-4-13(5-3-12)15(16)17/h2-5,11H,6-10H2,1H3/p+1. The summed E-state index contributed by atoms with van der Waals surface area (Å²) < 4.78 is 0. The summed E-state index contributed by atoms with van der Waals surface area (Å²) in [7, 11) is 0. The lowest BCUT2D eigenvalue weighted by molar-refractivity contribution is -0.919. The van der Waals surface area contributed by atoms with Gasteiger partial charge in [0.25, 0.3) is 5.69 Å². The summed E-state index contributed by atoms with van der Waals surface area (Å²) in [5, 5.41) is 10.5. The molecule has 0 bridgehead atoms. The van der Waals surface area contributed by atoms with Gasteiger partial charge in [-0.25, -0.2) is 0 Å². The van der Waals surface area contributed by atoms with Crippen LogP contribution in [-0.2, 0) is 6.54 Å². The molecule has 0 atom stereocenters. The largest absolute Gasteiger partial charge is 0.331 e. The lowest BCUT2D eigenvalue weighted by atomic mass is 9.99. The van der Waals surface area contributed by atoms with E-state index >= 15 is 0 Å². The zero-order chi connectivity index (χ0) is 12.3. The Labute approximate surface area is 101 Å². The average molecular weight is 235 g/mol. The number of benzene rings is 1. The number of nitro groups is 1. The molecule has 0 saturated carbocycles. The van der Waals surface area contributed by atoms with E-state index in [1.54, 1.807) is 17.0 Å². The fourth-order valence-electron chi connectivity index (χ4n) is 2.37. The van der Waals surface area contributed by atoms with Crippen LogP contribution < -0.4 is 4.90 Å². The van der Waals surface area contributed by atoms with E-state index in [0.717, 1.165) is 12.5 Å². The first-order chi connectivity index (χ1) is 8.15. The van der Waals surface area contributed by atoms with Crippen molar-refractivity contribution in [2.24, 2.45) is 5.92 Å². The van der Waals surface area contributed by atoms with Crippen LogP contribution in [0.15, 0.2) is 24.3 Å². The Morgan fingerprint density at radius 2 is 1.88 bits per heavy atom. The topological polar surface area (TPSA) is 47.6 Å². The van der Waals surface area contributed by atoms with E-state index in [9.17, 15) is 10.1 Å². The molecule has 0 amide bonds. The third kappa shape index (κ3) is 3.27. The molecular formula is C13H19N2O2+. The van der Waals surface area contributed by atoms with Crippen LogP contribution in [0, 0.1) is 16.0 Å². The van der Waals surface area contributed by atoms with Gasteiger partial charge in [-0.05, 0) is 30.9 Å². The number of quaternary nitrogens is 1. The summed E-state index contributed by atoms with van der Waals surface area (Å²) in [4.78, 5) is 11.8. The summed E-state index contributed by atoms with van der Waals surface area (Å²) >= 11 is 0. The first-order valence-corrected chi connectivity index (χ1v) is 6.22. The van der Waals surface area contributed by atoms with E-state index in [0.29, 0.717) is 0 Å². The summed E-state index contributed by atoms with van der Waals surface area (Å²) in [6.07, 6.45) is 2.59. The zero-order valence-electron chi connectivity index (χ0n) is 10.2. The average Bonchev–Trinajstić information content (AvgIpc) is 2.33. The predicted octanol–water partition coefficient (Wildman–Crippen LogP) is 1.41. The Balaban J connectivity index is 1.92. The second-order valence-electron chi connectivity index (χ2n) is 5.03. The van der Waals surface area contributed by atoms with Crippen molar-refractivity contribution in [3.63, 3.8) is 0 Å². The highest BCUT2D eigenvalue weighted by atomic mass is 16.6. The zero-order valence-corrected chi connectivity index (χ0v) is 10.2. The highest BCUT2D eigenvalue weighted by Crippen LogP contribution is 2.12. The van der Waals surface area contributed by atoms with Crippen molar-refractivity contribution in [1.29, 1.82) is 0 Å². The van der Waals surface area contributed by atoms with Crippen molar-refractivity contribution in [1.82, 2.24) is 0 Å². The molecule has 0 spiro atoms. The molecule has 2 rings (SSSR count). The normalized spacial score (nSPS) is 24.5. The molecule has 1 aliphatic rings. The molecule has 4 nitrogen and oxygen atoms in total.